The second-order valence-corrected chi connectivity index (χ2v) is 10.2. The predicted molar refractivity (Wildman–Crippen MR) is 138 cm³/mol. The van der Waals surface area contributed by atoms with Crippen molar-refractivity contribution >= 4 is 51.5 Å². The standard InChI is InChI=1S/C26H23ClN3OS2/c1-3-30-22(16-19-12-7-8-15-29(19)17-18-10-5-4-6-11-18)33-24(25(30)31)26-28(2)23-20(27)13-9-14-21(23)32-26/h4-16H,3,17H2,1-2H3/q+1/b26-24+. The van der Waals surface area contributed by atoms with Crippen LogP contribution in [0.3, 0.4) is 0 Å². The van der Waals surface area contributed by atoms with Gasteiger partial charge >= 0.3 is 0 Å². The van der Waals surface area contributed by atoms with Crippen molar-refractivity contribution in [3.63, 3.8) is 0 Å². The van der Waals surface area contributed by atoms with Crippen LogP contribution in [0.4, 0.5) is 5.69 Å². The van der Waals surface area contributed by atoms with Gasteiger partial charge in [-0.3, -0.25) is 9.36 Å². The number of aromatic nitrogens is 2. The van der Waals surface area contributed by atoms with Crippen molar-refractivity contribution in [2.24, 2.45) is 0 Å². The SMILES string of the molecule is CCn1c(=O)/c(=C2\Sc3cccc(Cl)c3N2C)s/c1=C\c1cccc[n+]1Cc1ccccc1. The van der Waals surface area contributed by atoms with Crippen molar-refractivity contribution in [2.45, 2.75) is 24.9 Å². The van der Waals surface area contributed by atoms with Crippen molar-refractivity contribution < 1.29 is 4.57 Å². The zero-order valence-corrected chi connectivity index (χ0v) is 20.8. The van der Waals surface area contributed by atoms with Crippen LogP contribution in [0.2, 0.25) is 5.02 Å². The maximum atomic E-state index is 13.4. The van der Waals surface area contributed by atoms with Gasteiger partial charge in [0.1, 0.15) is 14.2 Å². The van der Waals surface area contributed by atoms with Crippen LogP contribution in [0.1, 0.15) is 18.2 Å². The number of thiazole rings is 1. The van der Waals surface area contributed by atoms with Crippen molar-refractivity contribution in [3.8, 4) is 0 Å². The highest BCUT2D eigenvalue weighted by Crippen LogP contribution is 2.48. The van der Waals surface area contributed by atoms with E-state index in [4.69, 9.17) is 11.6 Å². The highest BCUT2D eigenvalue weighted by atomic mass is 35.5. The third-order valence-corrected chi connectivity index (χ3v) is 8.44. The molecule has 4 aromatic rings. The summed E-state index contributed by atoms with van der Waals surface area (Å²) in [4.78, 5) is 16.5. The van der Waals surface area contributed by atoms with Gasteiger partial charge in [0.05, 0.1) is 10.7 Å². The summed E-state index contributed by atoms with van der Waals surface area (Å²) in [6.45, 7) is 3.40. The number of hydrogen-bond acceptors (Lipinski definition) is 4. The number of thioether (sulfide) groups is 1. The quantitative estimate of drug-likeness (QED) is 0.402. The molecule has 0 unspecified atom stereocenters. The number of benzene rings is 2. The van der Waals surface area contributed by atoms with Crippen molar-refractivity contribution in [3.05, 3.63) is 109 Å². The fourth-order valence-corrected chi connectivity index (χ4v) is 6.86. The van der Waals surface area contributed by atoms with Gasteiger partial charge in [0, 0.05) is 42.3 Å². The van der Waals surface area contributed by atoms with Crippen molar-refractivity contribution in [1.29, 1.82) is 0 Å². The van der Waals surface area contributed by atoms with Gasteiger partial charge in [-0.05, 0) is 25.1 Å². The Bertz CT molecular complexity index is 1510. The Morgan fingerprint density at radius 3 is 2.58 bits per heavy atom. The summed E-state index contributed by atoms with van der Waals surface area (Å²) in [5.41, 5.74) is 3.29. The van der Waals surface area contributed by atoms with Crippen LogP contribution in [-0.4, -0.2) is 11.6 Å². The molecule has 0 saturated carbocycles. The molecule has 7 heteroatoms. The Kier molecular flexibility index (Phi) is 6.15. The van der Waals surface area contributed by atoms with Crippen LogP contribution in [0.25, 0.3) is 11.1 Å². The van der Waals surface area contributed by atoms with Crippen LogP contribution in [-0.2, 0) is 13.1 Å². The smallest absolute Gasteiger partial charge is 0.271 e. The zero-order valence-electron chi connectivity index (χ0n) is 18.4. The largest absolute Gasteiger partial charge is 0.336 e. The highest BCUT2D eigenvalue weighted by molar-refractivity contribution is 8.08. The molecule has 0 saturated heterocycles. The molecule has 5 rings (SSSR count). The molecule has 0 N–H and O–H groups in total. The zero-order chi connectivity index (χ0) is 22.9. The normalized spacial score (nSPS) is 15.2. The first-order chi connectivity index (χ1) is 16.1. The summed E-state index contributed by atoms with van der Waals surface area (Å²) < 4.78 is 5.74. The fourth-order valence-electron chi connectivity index (χ4n) is 4.02. The summed E-state index contributed by atoms with van der Waals surface area (Å²) >= 11 is 9.60. The Labute approximate surface area is 205 Å². The monoisotopic (exact) mass is 492 g/mol. The molecule has 2 aromatic heterocycles. The van der Waals surface area contributed by atoms with Gasteiger partial charge in [0.15, 0.2) is 12.7 Å². The van der Waals surface area contributed by atoms with E-state index >= 15 is 0 Å². The second kappa shape index (κ2) is 9.21. The van der Waals surface area contributed by atoms with E-state index in [9.17, 15) is 4.79 Å². The van der Waals surface area contributed by atoms with E-state index in [1.165, 1.54) is 16.9 Å². The Morgan fingerprint density at radius 1 is 1.03 bits per heavy atom. The minimum absolute atomic E-state index is 0.0394. The van der Waals surface area contributed by atoms with Gasteiger partial charge in [-0.25, -0.2) is 0 Å². The van der Waals surface area contributed by atoms with E-state index in [0.717, 1.165) is 37.0 Å². The lowest BCUT2D eigenvalue weighted by molar-refractivity contribution is -0.690. The average Bonchev–Trinajstić information content (AvgIpc) is 3.32. The lowest BCUT2D eigenvalue weighted by Gasteiger charge is -2.13. The molecule has 0 atom stereocenters. The van der Waals surface area contributed by atoms with Gasteiger partial charge in [-0.15, -0.1) is 11.3 Å². The molecular weight excluding hydrogens is 470 g/mol. The first-order valence-corrected chi connectivity index (χ1v) is 12.8. The maximum Gasteiger partial charge on any atom is 0.271 e. The molecule has 2 aromatic carbocycles. The molecular formula is C26H23ClN3OS2+. The van der Waals surface area contributed by atoms with E-state index in [1.807, 2.05) is 59.8 Å². The summed E-state index contributed by atoms with van der Waals surface area (Å²) in [6, 6.07) is 22.4. The molecule has 0 radical (unpaired) electrons. The molecule has 0 bridgehead atoms. The van der Waals surface area contributed by atoms with Crippen LogP contribution < -0.4 is 24.2 Å². The average molecular weight is 493 g/mol. The molecule has 166 valence electrons. The van der Waals surface area contributed by atoms with E-state index in [-0.39, 0.29) is 5.56 Å². The fraction of sp³-hybridized carbons (Fsp3) is 0.154. The Balaban J connectivity index is 1.64. The third kappa shape index (κ3) is 4.14. The van der Waals surface area contributed by atoms with E-state index in [0.29, 0.717) is 11.6 Å². The van der Waals surface area contributed by atoms with Crippen LogP contribution in [0.15, 0.2) is 82.6 Å². The number of fused-ring (bicyclic) bond motifs is 1. The molecule has 33 heavy (non-hydrogen) atoms. The van der Waals surface area contributed by atoms with E-state index in [2.05, 4.69) is 47.2 Å². The van der Waals surface area contributed by atoms with Crippen LogP contribution in [0, 0.1) is 0 Å². The van der Waals surface area contributed by atoms with Gasteiger partial charge in [-0.2, -0.15) is 4.57 Å². The van der Waals surface area contributed by atoms with Gasteiger partial charge in [0.25, 0.3) is 5.56 Å². The van der Waals surface area contributed by atoms with Gasteiger partial charge < -0.3 is 4.90 Å². The lowest BCUT2D eigenvalue weighted by Crippen LogP contribution is -2.38. The highest BCUT2D eigenvalue weighted by Gasteiger charge is 2.26. The third-order valence-electron chi connectivity index (χ3n) is 5.66. The molecule has 0 amide bonds. The number of hydrogen-bond donors (Lipinski definition) is 0. The summed E-state index contributed by atoms with van der Waals surface area (Å²) in [6.07, 6.45) is 4.19. The predicted octanol–water partition coefficient (Wildman–Crippen LogP) is 4.06. The summed E-state index contributed by atoms with van der Waals surface area (Å²) in [7, 11) is 1.98. The molecule has 4 nitrogen and oxygen atoms in total. The maximum absolute atomic E-state index is 13.4. The minimum atomic E-state index is 0.0394. The Morgan fingerprint density at radius 2 is 1.82 bits per heavy atom. The molecule has 0 spiro atoms. The lowest BCUT2D eigenvalue weighted by atomic mass is 10.2. The number of para-hydroxylation sites is 1. The van der Waals surface area contributed by atoms with E-state index < -0.39 is 0 Å². The first kappa shape index (κ1) is 22.0. The number of rotatable bonds is 4. The van der Waals surface area contributed by atoms with E-state index in [1.54, 1.807) is 11.8 Å². The first-order valence-electron chi connectivity index (χ1n) is 10.7. The minimum Gasteiger partial charge on any atom is -0.336 e. The topological polar surface area (TPSA) is 29.1 Å². The Hall–Kier alpha value is -2.80. The summed E-state index contributed by atoms with van der Waals surface area (Å²) in [5, 5.41) is 1.63. The van der Waals surface area contributed by atoms with Gasteiger partial charge in [-0.1, -0.05) is 59.8 Å². The van der Waals surface area contributed by atoms with Crippen molar-refractivity contribution in [1.82, 2.24) is 4.57 Å². The van der Waals surface area contributed by atoms with Crippen molar-refractivity contribution in [2.75, 3.05) is 11.9 Å². The van der Waals surface area contributed by atoms with Crippen LogP contribution >= 0.6 is 34.7 Å². The second-order valence-electron chi connectivity index (χ2n) is 7.75. The van der Waals surface area contributed by atoms with Crippen LogP contribution in [0.5, 0.6) is 0 Å². The number of anilines is 1. The molecule has 0 fully saturated rings. The van der Waals surface area contributed by atoms with Gasteiger partial charge in [0.2, 0.25) is 5.69 Å². The molecule has 0 aliphatic carbocycles. The number of nitrogens with zero attached hydrogens (tertiary/aromatic N) is 3. The summed E-state index contributed by atoms with van der Waals surface area (Å²) in [5.74, 6) is 0. The number of pyridine rings is 1. The molecule has 1 aliphatic rings. The molecule has 3 heterocycles. The number of halogens is 1. The molecule has 1 aliphatic heterocycles.